The Morgan fingerprint density at radius 1 is 1.09 bits per heavy atom. The van der Waals surface area contributed by atoms with Crippen LogP contribution in [0.15, 0.2) is 16.4 Å². The average Bonchev–Trinajstić information content (AvgIpc) is 3.53. The topological polar surface area (TPSA) is 195 Å². The molecule has 0 spiro atoms. The Morgan fingerprint density at radius 3 is 2.62 bits per heavy atom. The van der Waals surface area contributed by atoms with Gasteiger partial charge < -0.3 is 30.5 Å². The van der Waals surface area contributed by atoms with Crippen LogP contribution in [-0.2, 0) is 23.9 Å². The SMILES string of the molecule is C#CCCOCCOC(=O)NC(CN=[N+]=[N-])NC(=O)C1=C(C)CSC2C(NC(=O)CCC(C)C3CCC4C5CCC6CC(O)CCC6(C)C5CCC34C)C(=O)N12. The molecule has 2 aliphatic heterocycles. The molecule has 0 aromatic rings. The maximum absolute atomic E-state index is 13.6. The average molecular weight is 796 g/mol. The summed E-state index contributed by atoms with van der Waals surface area (Å²) < 4.78 is 10.3. The van der Waals surface area contributed by atoms with Gasteiger partial charge in [0.2, 0.25) is 5.91 Å². The number of nitrogens with zero attached hydrogens (tertiary/aromatic N) is 4. The normalized spacial score (nSPS) is 35.5. The summed E-state index contributed by atoms with van der Waals surface area (Å²) in [5.74, 6) is 5.65. The van der Waals surface area contributed by atoms with Gasteiger partial charge in [0, 0.05) is 23.5 Å². The highest BCUT2D eigenvalue weighted by Crippen LogP contribution is 2.68. The Morgan fingerprint density at radius 2 is 1.86 bits per heavy atom. The van der Waals surface area contributed by atoms with E-state index in [4.69, 9.17) is 21.4 Å². The number of alkyl carbamates (subject to hydrolysis) is 1. The van der Waals surface area contributed by atoms with Gasteiger partial charge in [-0.15, -0.1) is 24.1 Å². The largest absolute Gasteiger partial charge is 0.447 e. The monoisotopic (exact) mass is 795 g/mol. The van der Waals surface area contributed by atoms with Gasteiger partial charge in [0.25, 0.3) is 11.8 Å². The number of β-lactam (4-membered cyclic amide) rings is 1. The molecule has 0 aromatic heterocycles. The van der Waals surface area contributed by atoms with Crippen molar-refractivity contribution in [3.05, 3.63) is 21.7 Å². The van der Waals surface area contributed by atoms with E-state index in [9.17, 15) is 24.3 Å². The number of ether oxygens (including phenoxy) is 2. The van der Waals surface area contributed by atoms with Crippen molar-refractivity contribution >= 4 is 35.6 Å². The van der Waals surface area contributed by atoms with Crippen LogP contribution >= 0.6 is 11.8 Å². The zero-order valence-electron chi connectivity index (χ0n) is 33.5. The highest BCUT2D eigenvalue weighted by atomic mass is 32.2. The number of nitrogens with one attached hydrogen (secondary N) is 3. The first-order valence-corrected chi connectivity index (χ1v) is 21.7. The van der Waals surface area contributed by atoms with Crippen LogP contribution in [0.2, 0.25) is 0 Å². The number of hydrogen-bond acceptors (Lipinski definition) is 9. The van der Waals surface area contributed by atoms with E-state index in [1.165, 1.54) is 55.2 Å². The molecule has 15 heteroatoms. The molecule has 0 aromatic carbocycles. The molecule has 12 atom stereocenters. The lowest BCUT2D eigenvalue weighted by molar-refractivity contribution is -0.148. The third kappa shape index (κ3) is 8.54. The second-order valence-corrected chi connectivity index (χ2v) is 18.8. The number of thioether (sulfide) groups is 1. The van der Waals surface area contributed by atoms with Crippen molar-refractivity contribution in [2.24, 2.45) is 51.5 Å². The van der Waals surface area contributed by atoms with Gasteiger partial charge in [0.05, 0.1) is 25.9 Å². The van der Waals surface area contributed by atoms with Crippen molar-refractivity contribution in [1.29, 1.82) is 0 Å². The highest BCUT2D eigenvalue weighted by molar-refractivity contribution is 8.00. The van der Waals surface area contributed by atoms with Crippen molar-refractivity contribution < 1.29 is 33.8 Å². The molecule has 6 aliphatic rings. The van der Waals surface area contributed by atoms with Gasteiger partial charge in [-0.2, -0.15) is 0 Å². The fourth-order valence-corrected chi connectivity index (χ4v) is 13.2. The smallest absolute Gasteiger partial charge is 0.408 e. The first kappa shape index (κ1) is 42.2. The van der Waals surface area contributed by atoms with Gasteiger partial charge in [-0.1, -0.05) is 25.9 Å². The molecule has 1 saturated heterocycles. The van der Waals surface area contributed by atoms with Crippen LogP contribution in [0.5, 0.6) is 0 Å². The molecule has 56 heavy (non-hydrogen) atoms. The molecule has 12 unspecified atom stereocenters. The van der Waals surface area contributed by atoms with E-state index in [2.05, 4.69) is 52.7 Å². The fourth-order valence-electron chi connectivity index (χ4n) is 11.9. The Labute approximate surface area is 335 Å². The second-order valence-electron chi connectivity index (χ2n) is 17.7. The molecule has 308 valence electrons. The van der Waals surface area contributed by atoms with Crippen LogP contribution in [0.3, 0.4) is 0 Å². The summed E-state index contributed by atoms with van der Waals surface area (Å²) in [6, 6.07) is -0.741. The Hall–Kier alpha value is -3.44. The Bertz CT molecular complexity index is 1630. The molecular formula is C41H61N7O7S. The van der Waals surface area contributed by atoms with E-state index in [1.807, 2.05) is 0 Å². The van der Waals surface area contributed by atoms with E-state index in [0.717, 1.165) is 43.4 Å². The van der Waals surface area contributed by atoms with E-state index in [0.29, 0.717) is 53.9 Å². The summed E-state index contributed by atoms with van der Waals surface area (Å²) >= 11 is 1.49. The molecular weight excluding hydrogens is 735 g/mol. The third-order valence-corrected chi connectivity index (χ3v) is 16.1. The first-order chi connectivity index (χ1) is 26.8. The highest BCUT2D eigenvalue weighted by Gasteiger charge is 2.61. The van der Waals surface area contributed by atoms with Crippen LogP contribution in [0.25, 0.3) is 10.4 Å². The number of terminal acetylenes is 1. The van der Waals surface area contributed by atoms with E-state index < -0.39 is 29.6 Å². The van der Waals surface area contributed by atoms with Crippen molar-refractivity contribution in [1.82, 2.24) is 20.9 Å². The van der Waals surface area contributed by atoms with Crippen LogP contribution in [0.4, 0.5) is 4.79 Å². The molecule has 4 aliphatic carbocycles. The van der Waals surface area contributed by atoms with Crippen molar-refractivity contribution in [3.63, 3.8) is 0 Å². The molecule has 0 radical (unpaired) electrons. The summed E-state index contributed by atoms with van der Waals surface area (Å²) in [5.41, 5.74) is 10.3. The first-order valence-electron chi connectivity index (χ1n) is 20.7. The summed E-state index contributed by atoms with van der Waals surface area (Å²) in [4.78, 5) is 57.0. The standard InChI is InChI=1S/C41H61N7O7S/c1-6-7-18-54-19-20-55-39(53)45-32(22-43-47-42)44-36(51)35-25(3)23-56-38-34(37(52)48(35)38)46-33(50)13-8-24(2)29-11-12-30-28-10-9-26-21-27(49)14-16-40(26,4)31(28)15-17-41(29,30)5/h1,24,26-32,34,38,49H,7-23H2,2-5H3,(H,44,51)(H,45,53)(H,46,50). The maximum atomic E-state index is 13.6. The molecule has 0 bridgehead atoms. The summed E-state index contributed by atoms with van der Waals surface area (Å²) in [5, 5.41) is 21.6. The van der Waals surface area contributed by atoms with Gasteiger partial charge in [0.1, 0.15) is 29.9 Å². The predicted molar refractivity (Wildman–Crippen MR) is 212 cm³/mol. The minimum atomic E-state index is -1.10. The third-order valence-electron chi connectivity index (χ3n) is 14.7. The number of fused-ring (bicyclic) bond motifs is 6. The number of hydrogen-bond donors (Lipinski definition) is 4. The molecule has 5 fully saturated rings. The molecule has 4 amide bonds. The van der Waals surface area contributed by atoms with Crippen LogP contribution in [0, 0.1) is 58.7 Å². The van der Waals surface area contributed by atoms with Gasteiger partial charge in [-0.05, 0) is 129 Å². The Kier molecular flexibility index (Phi) is 13.6. The van der Waals surface area contributed by atoms with Crippen molar-refractivity contribution in [2.75, 3.05) is 32.1 Å². The number of aliphatic hydroxyl groups is 1. The van der Waals surface area contributed by atoms with Gasteiger partial charge >= 0.3 is 6.09 Å². The Balaban J connectivity index is 0.985. The summed E-state index contributed by atoms with van der Waals surface area (Å²) in [7, 11) is 0. The molecule has 4 N–H and O–H groups in total. The van der Waals surface area contributed by atoms with Crippen LogP contribution in [-0.4, -0.2) is 89.6 Å². The van der Waals surface area contributed by atoms with Crippen LogP contribution in [0.1, 0.15) is 105 Å². The van der Waals surface area contributed by atoms with E-state index >= 15 is 0 Å². The number of rotatable bonds is 15. The fraction of sp³-hybridized carbons (Fsp3) is 0.805. The lowest BCUT2D eigenvalue weighted by Gasteiger charge is -2.61. The zero-order chi connectivity index (χ0) is 40.2. The lowest BCUT2D eigenvalue weighted by Crippen LogP contribution is -2.71. The van der Waals surface area contributed by atoms with Gasteiger partial charge in [-0.3, -0.25) is 19.3 Å². The second kappa shape index (κ2) is 18.0. The number of aliphatic hydroxyl groups excluding tert-OH is 1. The van der Waals surface area contributed by atoms with E-state index in [1.54, 1.807) is 6.92 Å². The quantitative estimate of drug-likeness (QED) is 0.0312. The number of amides is 4. The van der Waals surface area contributed by atoms with E-state index in [-0.39, 0.29) is 48.8 Å². The maximum Gasteiger partial charge on any atom is 0.408 e. The minimum Gasteiger partial charge on any atom is -0.447 e. The zero-order valence-corrected chi connectivity index (χ0v) is 34.3. The van der Waals surface area contributed by atoms with Crippen molar-refractivity contribution in [3.8, 4) is 12.3 Å². The molecule has 14 nitrogen and oxygen atoms in total. The number of carbonyl (C=O) groups is 4. The van der Waals surface area contributed by atoms with Gasteiger partial charge in [0.15, 0.2) is 0 Å². The lowest BCUT2D eigenvalue weighted by atomic mass is 9.44. The summed E-state index contributed by atoms with van der Waals surface area (Å²) in [6.07, 6.45) is 15.3. The summed E-state index contributed by atoms with van der Waals surface area (Å²) in [6.45, 7) is 9.27. The van der Waals surface area contributed by atoms with Crippen LogP contribution < -0.4 is 16.0 Å². The number of carbonyl (C=O) groups excluding carboxylic acids is 4. The molecule has 4 saturated carbocycles. The number of azide groups is 1. The minimum absolute atomic E-state index is 0.0509. The molecule has 6 rings (SSSR count). The van der Waals surface area contributed by atoms with Gasteiger partial charge in [-0.25, -0.2) is 4.79 Å². The van der Waals surface area contributed by atoms with Crippen molar-refractivity contribution in [2.45, 2.75) is 128 Å². The predicted octanol–water partition coefficient (Wildman–Crippen LogP) is 5.62. The molecule has 2 heterocycles.